The van der Waals surface area contributed by atoms with E-state index in [9.17, 15) is 27.9 Å². The van der Waals surface area contributed by atoms with Crippen LogP contribution in [0.15, 0.2) is 48.5 Å². The lowest BCUT2D eigenvalue weighted by Gasteiger charge is -2.16. The van der Waals surface area contributed by atoms with Gasteiger partial charge in [-0.1, -0.05) is 36.4 Å². The predicted octanol–water partition coefficient (Wildman–Crippen LogP) is -1.12. The molecule has 0 radical (unpaired) electrons. The quantitative estimate of drug-likeness (QED) is 0.142. The molecule has 2 rings (SSSR count). The van der Waals surface area contributed by atoms with E-state index in [0.29, 0.717) is 5.56 Å². The molecule has 12 nitrogen and oxygen atoms in total. The number of hydrogen-bond acceptors (Lipinski definition) is 7. The molecule has 34 heavy (non-hydrogen) atoms. The van der Waals surface area contributed by atoms with Crippen LogP contribution in [0.2, 0.25) is 0 Å². The Bertz CT molecular complexity index is 1150. The molecule has 0 saturated heterocycles. The number of amidine groups is 1. The van der Waals surface area contributed by atoms with E-state index in [-0.39, 0.29) is 23.5 Å². The van der Waals surface area contributed by atoms with Gasteiger partial charge >= 0.3 is 5.97 Å². The third-order valence-corrected chi connectivity index (χ3v) is 5.91. The largest absolute Gasteiger partial charge is 0.478 e. The van der Waals surface area contributed by atoms with Crippen LogP contribution in [0.3, 0.4) is 0 Å². The Kier molecular flexibility index (Phi) is 9.24. The van der Waals surface area contributed by atoms with Gasteiger partial charge in [-0.2, -0.15) is 0 Å². The van der Waals surface area contributed by atoms with Crippen LogP contribution in [-0.2, 0) is 31.9 Å². The van der Waals surface area contributed by atoms with E-state index in [0.717, 1.165) is 5.56 Å². The predicted molar refractivity (Wildman–Crippen MR) is 122 cm³/mol. The molecule has 0 bridgehead atoms. The molecule has 0 aromatic heterocycles. The third kappa shape index (κ3) is 8.27. The third-order valence-electron chi connectivity index (χ3n) is 4.56. The molecular weight excluding hydrogens is 466 g/mol. The summed E-state index contributed by atoms with van der Waals surface area (Å²) in [7, 11) is -4.06. The zero-order valence-corrected chi connectivity index (χ0v) is 18.8. The lowest BCUT2D eigenvalue weighted by Crippen LogP contribution is -2.50. The maximum atomic E-state index is 12.3. The minimum absolute atomic E-state index is 0.00642. The van der Waals surface area contributed by atoms with Gasteiger partial charge in [0.15, 0.2) is 0 Å². The van der Waals surface area contributed by atoms with Crippen molar-refractivity contribution in [3.8, 4) is 0 Å². The number of nitrogens with two attached hydrogens (primary N) is 1. The molecule has 8 N–H and O–H groups in total. The molecule has 0 spiro atoms. The molecule has 0 unspecified atom stereocenters. The molecule has 182 valence electrons. The molecule has 13 heteroatoms. The minimum Gasteiger partial charge on any atom is -0.478 e. The number of aromatic carboxylic acids is 1. The molecule has 2 amide bonds. The average molecular weight is 492 g/mol. The second-order valence-corrected chi connectivity index (χ2v) is 8.97. The van der Waals surface area contributed by atoms with Gasteiger partial charge < -0.3 is 26.6 Å². The van der Waals surface area contributed by atoms with Crippen LogP contribution < -0.4 is 21.1 Å². The molecule has 0 fully saturated rings. The fraction of sp³-hybridized carbons (Fsp3) is 0.238. The van der Waals surface area contributed by atoms with Crippen molar-refractivity contribution in [2.45, 2.75) is 18.3 Å². The fourth-order valence-corrected chi connectivity index (χ4v) is 4.08. The van der Waals surface area contributed by atoms with Crippen LogP contribution in [0.1, 0.15) is 27.0 Å². The van der Waals surface area contributed by atoms with E-state index in [1.807, 2.05) is 0 Å². The summed E-state index contributed by atoms with van der Waals surface area (Å²) in [5.41, 5.74) is 6.93. The number of nitrogen functional groups attached to an aromatic ring is 1. The van der Waals surface area contributed by atoms with Crippen LogP contribution in [0.25, 0.3) is 0 Å². The first-order valence-electron chi connectivity index (χ1n) is 9.91. The van der Waals surface area contributed by atoms with Crippen molar-refractivity contribution in [1.82, 2.24) is 15.4 Å². The molecule has 0 saturated carbocycles. The van der Waals surface area contributed by atoms with Crippen molar-refractivity contribution in [2.24, 2.45) is 5.73 Å². The minimum atomic E-state index is -4.06. The summed E-state index contributed by atoms with van der Waals surface area (Å²) in [6.07, 6.45) is 0. The summed E-state index contributed by atoms with van der Waals surface area (Å²) >= 11 is 0. The maximum Gasteiger partial charge on any atom is 0.335 e. The molecule has 2 aromatic carbocycles. The van der Waals surface area contributed by atoms with Gasteiger partial charge in [0.25, 0.3) is 0 Å². The van der Waals surface area contributed by atoms with Gasteiger partial charge in [-0.05, 0) is 23.3 Å². The summed E-state index contributed by atoms with van der Waals surface area (Å²) in [6.45, 7) is -1.13. The highest BCUT2D eigenvalue weighted by Gasteiger charge is 2.24. The first-order chi connectivity index (χ1) is 16.0. The number of aliphatic hydroxyl groups excluding tert-OH is 1. The molecule has 1 atom stereocenters. The summed E-state index contributed by atoms with van der Waals surface area (Å²) in [5.74, 6) is -3.21. The Labute approximate surface area is 195 Å². The van der Waals surface area contributed by atoms with E-state index in [1.54, 1.807) is 24.3 Å². The number of hydrogen-bond donors (Lipinski definition) is 7. The van der Waals surface area contributed by atoms with Crippen molar-refractivity contribution in [2.75, 3.05) is 13.2 Å². The van der Waals surface area contributed by atoms with Crippen LogP contribution in [-0.4, -0.2) is 61.4 Å². The Morgan fingerprint density at radius 2 is 1.50 bits per heavy atom. The average Bonchev–Trinajstić information content (AvgIpc) is 2.80. The number of nitrogens with one attached hydrogen (secondary N) is 4. The van der Waals surface area contributed by atoms with Crippen LogP contribution in [0.5, 0.6) is 0 Å². The maximum absolute atomic E-state index is 12.3. The van der Waals surface area contributed by atoms with Gasteiger partial charge in [-0.15, -0.1) is 0 Å². The Morgan fingerprint density at radius 3 is 2.03 bits per heavy atom. The number of amides is 2. The van der Waals surface area contributed by atoms with Crippen LogP contribution in [0, 0.1) is 5.41 Å². The van der Waals surface area contributed by atoms with Crippen molar-refractivity contribution in [1.29, 1.82) is 5.41 Å². The molecular formula is C21H25N5O7S. The number of carboxylic acid groups (broad SMARTS) is 1. The van der Waals surface area contributed by atoms with Crippen LogP contribution >= 0.6 is 0 Å². The van der Waals surface area contributed by atoms with Crippen molar-refractivity contribution in [3.05, 3.63) is 70.8 Å². The fourth-order valence-electron chi connectivity index (χ4n) is 2.75. The Morgan fingerprint density at radius 1 is 0.941 bits per heavy atom. The lowest BCUT2D eigenvalue weighted by molar-refractivity contribution is -0.127. The highest BCUT2D eigenvalue weighted by Crippen LogP contribution is 2.08. The number of rotatable bonds is 12. The van der Waals surface area contributed by atoms with Gasteiger partial charge in [0.05, 0.1) is 24.5 Å². The zero-order chi connectivity index (χ0) is 25.3. The van der Waals surface area contributed by atoms with E-state index in [2.05, 4.69) is 15.4 Å². The summed E-state index contributed by atoms with van der Waals surface area (Å²) in [6, 6.07) is 10.3. The van der Waals surface area contributed by atoms with E-state index >= 15 is 0 Å². The summed E-state index contributed by atoms with van der Waals surface area (Å²) < 4.78 is 26.7. The monoisotopic (exact) mass is 491 g/mol. The first-order valence-corrected chi connectivity index (χ1v) is 11.6. The van der Waals surface area contributed by atoms with Gasteiger partial charge in [-0.3, -0.25) is 15.0 Å². The van der Waals surface area contributed by atoms with E-state index in [1.165, 1.54) is 24.3 Å². The molecule has 0 heterocycles. The highest BCUT2D eigenvalue weighted by atomic mass is 32.2. The number of sulfonamides is 1. The molecule has 0 aliphatic rings. The van der Waals surface area contributed by atoms with E-state index in [4.69, 9.17) is 16.2 Å². The van der Waals surface area contributed by atoms with Gasteiger partial charge in [-0.25, -0.2) is 17.9 Å². The Hall–Kier alpha value is -3.81. The van der Waals surface area contributed by atoms with Gasteiger partial charge in [0, 0.05) is 12.1 Å². The highest BCUT2D eigenvalue weighted by molar-refractivity contribution is 7.88. The van der Waals surface area contributed by atoms with Gasteiger partial charge in [0.1, 0.15) is 11.9 Å². The van der Waals surface area contributed by atoms with Crippen molar-refractivity contribution in [3.63, 3.8) is 0 Å². The zero-order valence-electron chi connectivity index (χ0n) is 17.9. The van der Waals surface area contributed by atoms with E-state index < -0.39 is 52.8 Å². The second-order valence-electron chi connectivity index (χ2n) is 7.22. The van der Waals surface area contributed by atoms with Crippen molar-refractivity contribution < 1.29 is 33.0 Å². The van der Waals surface area contributed by atoms with Gasteiger partial charge in [0.2, 0.25) is 21.8 Å². The SMILES string of the molecule is N=C(N)c1ccc(CNC(=O)CNC(=O)[C@@H](CO)NS(=O)(=O)Cc2ccc(C(=O)O)cc2)cc1. The first kappa shape index (κ1) is 26.4. The van der Waals surface area contributed by atoms with Crippen LogP contribution in [0.4, 0.5) is 0 Å². The molecule has 0 aliphatic heterocycles. The summed E-state index contributed by atoms with van der Waals surface area (Å²) in [5, 5.41) is 30.5. The molecule has 0 aliphatic carbocycles. The standard InChI is InChI=1S/C21H25N5O7S/c22-19(23)15-5-1-13(2-6-15)9-24-18(28)10-25-20(29)17(11-27)26-34(32,33)12-14-3-7-16(8-4-14)21(30)31/h1-8,17,26-27H,9-12H2,(H3,22,23)(H,24,28)(H,25,29)(H,30,31)/t17-/m1/s1. The molecule has 2 aromatic rings. The number of aliphatic hydroxyl groups is 1. The lowest BCUT2D eigenvalue weighted by atomic mass is 10.1. The number of benzene rings is 2. The van der Waals surface area contributed by atoms with Crippen molar-refractivity contribution >= 4 is 33.6 Å². The Balaban J connectivity index is 1.84. The second kappa shape index (κ2) is 11.9. The smallest absolute Gasteiger partial charge is 0.335 e. The normalized spacial score (nSPS) is 11.9. The topological polar surface area (TPSA) is 212 Å². The number of carbonyl (C=O) groups is 3. The number of carboxylic acids is 1. The number of carbonyl (C=O) groups excluding carboxylic acids is 2. The summed E-state index contributed by atoms with van der Waals surface area (Å²) in [4.78, 5) is 35.1.